The van der Waals surface area contributed by atoms with Crippen molar-refractivity contribution >= 4 is 11.6 Å². The van der Waals surface area contributed by atoms with Gasteiger partial charge in [-0.05, 0) is 31.0 Å². The first-order valence-electron chi connectivity index (χ1n) is 5.90. The summed E-state index contributed by atoms with van der Waals surface area (Å²) in [5, 5.41) is 9.42. The number of aliphatic hydroxyl groups excluding tert-OH is 1. The third-order valence-corrected chi connectivity index (χ3v) is 3.33. The number of primary amides is 1. The van der Waals surface area contributed by atoms with Gasteiger partial charge in [-0.15, -0.1) is 0 Å². The van der Waals surface area contributed by atoms with Crippen molar-refractivity contribution in [1.29, 1.82) is 0 Å². The maximum atomic E-state index is 11.1. The number of rotatable bonds is 3. The van der Waals surface area contributed by atoms with Crippen LogP contribution in [-0.4, -0.2) is 24.1 Å². The van der Waals surface area contributed by atoms with E-state index in [1.54, 1.807) is 6.92 Å². The van der Waals surface area contributed by atoms with Gasteiger partial charge in [-0.25, -0.2) is 0 Å². The fraction of sp³-hybridized carbons (Fsp3) is 0.462. The molecule has 1 aromatic carbocycles. The van der Waals surface area contributed by atoms with Gasteiger partial charge in [-0.1, -0.05) is 12.1 Å². The molecule has 1 aliphatic heterocycles. The van der Waals surface area contributed by atoms with Crippen molar-refractivity contribution in [3.8, 4) is 0 Å². The molecule has 1 saturated heterocycles. The summed E-state index contributed by atoms with van der Waals surface area (Å²) in [6.45, 7) is 3.30. The molecule has 1 unspecified atom stereocenters. The Balaban J connectivity index is 2.06. The number of nitrogens with zero attached hydrogens (tertiary/aromatic N) is 1. The number of carbonyl (C=O) groups is 1. The Morgan fingerprint density at radius 1 is 1.47 bits per heavy atom. The highest BCUT2D eigenvalue weighted by Gasteiger charge is 2.26. The minimum Gasteiger partial charge on any atom is -0.389 e. The molecule has 1 aromatic rings. The molecule has 0 spiro atoms. The summed E-state index contributed by atoms with van der Waals surface area (Å²) in [6.07, 6.45) is 0.383. The molecular weight excluding hydrogens is 216 g/mol. The van der Waals surface area contributed by atoms with Crippen LogP contribution in [0.2, 0.25) is 0 Å². The lowest BCUT2D eigenvalue weighted by Crippen LogP contribution is -2.27. The SMILES string of the molecule is C[C@@H](O)c1ccc(N2CCC(C(N)=O)C2)cc1. The van der Waals surface area contributed by atoms with Crippen LogP contribution >= 0.6 is 0 Å². The predicted molar refractivity (Wildman–Crippen MR) is 66.6 cm³/mol. The molecule has 2 atom stereocenters. The van der Waals surface area contributed by atoms with E-state index < -0.39 is 6.10 Å². The summed E-state index contributed by atoms with van der Waals surface area (Å²) >= 11 is 0. The van der Waals surface area contributed by atoms with Crippen molar-refractivity contribution in [3.63, 3.8) is 0 Å². The molecule has 0 saturated carbocycles. The van der Waals surface area contributed by atoms with Crippen LogP contribution in [0.1, 0.15) is 25.0 Å². The van der Waals surface area contributed by atoms with Gasteiger partial charge < -0.3 is 15.7 Å². The van der Waals surface area contributed by atoms with Gasteiger partial charge in [0.2, 0.25) is 5.91 Å². The fourth-order valence-corrected chi connectivity index (χ4v) is 2.19. The zero-order valence-electron chi connectivity index (χ0n) is 9.97. The van der Waals surface area contributed by atoms with E-state index in [4.69, 9.17) is 5.73 Å². The maximum absolute atomic E-state index is 11.1. The van der Waals surface area contributed by atoms with E-state index in [2.05, 4.69) is 4.90 Å². The second kappa shape index (κ2) is 4.75. The number of aliphatic hydroxyl groups is 1. The Labute approximate surface area is 101 Å². The minimum absolute atomic E-state index is 0.0357. The third kappa shape index (κ3) is 2.58. The lowest BCUT2D eigenvalue weighted by Gasteiger charge is -2.18. The molecule has 17 heavy (non-hydrogen) atoms. The van der Waals surface area contributed by atoms with Crippen LogP contribution < -0.4 is 10.6 Å². The second-order valence-electron chi connectivity index (χ2n) is 4.60. The van der Waals surface area contributed by atoms with E-state index in [1.165, 1.54) is 0 Å². The number of hydrogen-bond donors (Lipinski definition) is 2. The van der Waals surface area contributed by atoms with E-state index >= 15 is 0 Å². The molecule has 0 aliphatic carbocycles. The summed E-state index contributed by atoms with van der Waals surface area (Å²) in [5.74, 6) is -0.250. The van der Waals surface area contributed by atoms with E-state index in [9.17, 15) is 9.90 Å². The molecule has 0 radical (unpaired) electrons. The van der Waals surface area contributed by atoms with Crippen LogP contribution in [0.4, 0.5) is 5.69 Å². The summed E-state index contributed by atoms with van der Waals surface area (Å²) < 4.78 is 0. The molecule has 1 fully saturated rings. The Bertz CT molecular complexity index is 400. The molecular formula is C13H18N2O2. The monoisotopic (exact) mass is 234 g/mol. The summed E-state index contributed by atoms with van der Waals surface area (Å²) in [4.78, 5) is 13.2. The van der Waals surface area contributed by atoms with E-state index in [-0.39, 0.29) is 11.8 Å². The van der Waals surface area contributed by atoms with Crippen molar-refractivity contribution in [3.05, 3.63) is 29.8 Å². The zero-order valence-corrected chi connectivity index (χ0v) is 9.97. The normalized spacial score (nSPS) is 21.5. The highest BCUT2D eigenvalue weighted by atomic mass is 16.3. The first-order chi connectivity index (χ1) is 8.08. The summed E-state index contributed by atoms with van der Waals surface area (Å²) in [5.41, 5.74) is 7.29. The number of carbonyl (C=O) groups excluding carboxylic acids is 1. The molecule has 1 aliphatic rings. The van der Waals surface area contributed by atoms with Gasteiger partial charge in [0.05, 0.1) is 12.0 Å². The first kappa shape index (κ1) is 11.9. The largest absolute Gasteiger partial charge is 0.389 e. The molecule has 0 aromatic heterocycles. The smallest absolute Gasteiger partial charge is 0.222 e. The number of anilines is 1. The van der Waals surface area contributed by atoms with Crippen LogP contribution in [0.5, 0.6) is 0 Å². The molecule has 1 heterocycles. The summed E-state index contributed by atoms with van der Waals surface area (Å²) in [6, 6.07) is 7.78. The van der Waals surface area contributed by atoms with Crippen LogP contribution in [-0.2, 0) is 4.79 Å². The van der Waals surface area contributed by atoms with Crippen LogP contribution in [0.3, 0.4) is 0 Å². The average Bonchev–Trinajstić information content (AvgIpc) is 2.78. The quantitative estimate of drug-likeness (QED) is 0.821. The number of benzene rings is 1. The van der Waals surface area contributed by atoms with Gasteiger partial charge in [-0.3, -0.25) is 4.79 Å². The topological polar surface area (TPSA) is 66.6 Å². The van der Waals surface area contributed by atoms with Gasteiger partial charge in [-0.2, -0.15) is 0 Å². The first-order valence-corrected chi connectivity index (χ1v) is 5.90. The summed E-state index contributed by atoms with van der Waals surface area (Å²) in [7, 11) is 0. The average molecular weight is 234 g/mol. The van der Waals surface area contributed by atoms with Gasteiger partial charge >= 0.3 is 0 Å². The van der Waals surface area contributed by atoms with Crippen LogP contribution in [0, 0.1) is 5.92 Å². The number of nitrogens with two attached hydrogens (primary N) is 1. The van der Waals surface area contributed by atoms with Gasteiger partial charge in [0.25, 0.3) is 0 Å². The molecule has 4 heteroatoms. The number of amides is 1. The van der Waals surface area contributed by atoms with Crippen LogP contribution in [0.25, 0.3) is 0 Å². The van der Waals surface area contributed by atoms with Gasteiger partial charge in [0.15, 0.2) is 0 Å². The lowest BCUT2D eigenvalue weighted by molar-refractivity contribution is -0.121. The highest BCUT2D eigenvalue weighted by molar-refractivity contribution is 5.78. The van der Waals surface area contributed by atoms with Crippen molar-refractivity contribution in [2.75, 3.05) is 18.0 Å². The Hall–Kier alpha value is -1.55. The standard InChI is InChI=1S/C13H18N2O2/c1-9(16)10-2-4-12(5-3-10)15-7-6-11(8-15)13(14)17/h2-5,9,11,16H,6-8H2,1H3,(H2,14,17)/t9-,11?/m1/s1. The van der Waals surface area contributed by atoms with Crippen molar-refractivity contribution in [2.45, 2.75) is 19.4 Å². The van der Waals surface area contributed by atoms with E-state index in [0.29, 0.717) is 6.54 Å². The van der Waals surface area contributed by atoms with E-state index in [0.717, 1.165) is 24.2 Å². The molecule has 1 amide bonds. The Kier molecular flexibility index (Phi) is 3.33. The maximum Gasteiger partial charge on any atom is 0.222 e. The molecule has 3 N–H and O–H groups in total. The van der Waals surface area contributed by atoms with E-state index in [1.807, 2.05) is 24.3 Å². The zero-order chi connectivity index (χ0) is 12.4. The van der Waals surface area contributed by atoms with Crippen molar-refractivity contribution in [2.24, 2.45) is 11.7 Å². The molecule has 92 valence electrons. The van der Waals surface area contributed by atoms with Crippen molar-refractivity contribution < 1.29 is 9.90 Å². The van der Waals surface area contributed by atoms with Gasteiger partial charge in [0.1, 0.15) is 0 Å². The molecule has 0 bridgehead atoms. The lowest BCUT2D eigenvalue weighted by atomic mass is 10.1. The second-order valence-corrected chi connectivity index (χ2v) is 4.60. The minimum atomic E-state index is -0.444. The fourth-order valence-electron chi connectivity index (χ4n) is 2.19. The Morgan fingerprint density at radius 3 is 2.59 bits per heavy atom. The molecule has 4 nitrogen and oxygen atoms in total. The van der Waals surface area contributed by atoms with Crippen LogP contribution in [0.15, 0.2) is 24.3 Å². The number of hydrogen-bond acceptors (Lipinski definition) is 3. The molecule has 2 rings (SSSR count). The van der Waals surface area contributed by atoms with Gasteiger partial charge in [0, 0.05) is 18.8 Å². The highest BCUT2D eigenvalue weighted by Crippen LogP contribution is 2.25. The third-order valence-electron chi connectivity index (χ3n) is 3.33. The Morgan fingerprint density at radius 2 is 2.12 bits per heavy atom. The van der Waals surface area contributed by atoms with Crippen molar-refractivity contribution in [1.82, 2.24) is 0 Å². The predicted octanol–water partition coefficient (Wildman–Crippen LogP) is 1.05.